The first-order chi connectivity index (χ1) is 7.47. The van der Waals surface area contributed by atoms with E-state index in [9.17, 15) is 10.1 Å². The monoisotopic (exact) mass is 226 g/mol. The molecule has 6 heteroatoms. The topological polar surface area (TPSA) is 73.0 Å². The van der Waals surface area contributed by atoms with Gasteiger partial charge in [0, 0.05) is 13.1 Å². The van der Waals surface area contributed by atoms with Crippen LogP contribution in [-0.2, 0) is 7.05 Å². The molecule has 6 nitrogen and oxygen atoms in total. The Morgan fingerprint density at radius 3 is 2.75 bits per heavy atom. The molecule has 1 aromatic rings. The molecule has 0 saturated heterocycles. The van der Waals surface area contributed by atoms with Gasteiger partial charge in [-0.05, 0) is 20.3 Å². The van der Waals surface area contributed by atoms with Crippen molar-refractivity contribution in [2.45, 2.75) is 39.7 Å². The van der Waals surface area contributed by atoms with Crippen LogP contribution in [0.5, 0.6) is 0 Å². The number of anilines is 1. The quantitative estimate of drug-likeness (QED) is 0.617. The summed E-state index contributed by atoms with van der Waals surface area (Å²) in [6.45, 7) is 5.74. The number of nitro groups is 1. The number of hydrogen-bond acceptors (Lipinski definition) is 4. The second-order valence-corrected chi connectivity index (χ2v) is 4.00. The van der Waals surface area contributed by atoms with Gasteiger partial charge in [0.15, 0.2) is 0 Å². The maximum Gasteiger partial charge on any atom is 0.333 e. The SMILES string of the molecule is CCCC(C)Nc1c([N+](=O)[O-])c(C)nn1C. The van der Waals surface area contributed by atoms with E-state index in [-0.39, 0.29) is 16.7 Å². The summed E-state index contributed by atoms with van der Waals surface area (Å²) in [5, 5.41) is 18.1. The number of nitrogens with one attached hydrogen (secondary N) is 1. The molecule has 0 spiro atoms. The van der Waals surface area contributed by atoms with Crippen LogP contribution in [0.1, 0.15) is 32.4 Å². The van der Waals surface area contributed by atoms with E-state index in [1.807, 2.05) is 6.92 Å². The molecule has 1 N–H and O–H groups in total. The van der Waals surface area contributed by atoms with E-state index in [1.165, 1.54) is 4.68 Å². The molecule has 16 heavy (non-hydrogen) atoms. The minimum atomic E-state index is -0.386. The van der Waals surface area contributed by atoms with Crippen LogP contribution >= 0.6 is 0 Å². The Morgan fingerprint density at radius 1 is 1.62 bits per heavy atom. The lowest BCUT2D eigenvalue weighted by Gasteiger charge is -2.13. The molecule has 0 bridgehead atoms. The summed E-state index contributed by atoms with van der Waals surface area (Å²) in [5.41, 5.74) is 0.518. The van der Waals surface area contributed by atoms with E-state index in [4.69, 9.17) is 0 Å². The molecule has 1 rings (SSSR count). The summed E-state index contributed by atoms with van der Waals surface area (Å²) >= 11 is 0. The Hall–Kier alpha value is -1.59. The first-order valence-electron chi connectivity index (χ1n) is 5.41. The van der Waals surface area contributed by atoms with E-state index < -0.39 is 0 Å². The molecule has 0 amide bonds. The largest absolute Gasteiger partial charge is 0.362 e. The normalized spacial score (nSPS) is 12.5. The molecule has 0 radical (unpaired) electrons. The van der Waals surface area contributed by atoms with Gasteiger partial charge in [-0.15, -0.1) is 0 Å². The zero-order valence-corrected chi connectivity index (χ0v) is 10.1. The van der Waals surface area contributed by atoms with Crippen LogP contribution in [0.3, 0.4) is 0 Å². The third kappa shape index (κ3) is 2.50. The summed E-state index contributed by atoms with van der Waals surface area (Å²) in [4.78, 5) is 10.5. The van der Waals surface area contributed by atoms with Crippen molar-refractivity contribution < 1.29 is 4.92 Å². The number of aryl methyl sites for hydroxylation is 2. The smallest absolute Gasteiger partial charge is 0.333 e. The van der Waals surface area contributed by atoms with E-state index in [2.05, 4.69) is 17.3 Å². The molecular weight excluding hydrogens is 208 g/mol. The molecular formula is C10H18N4O2. The number of aromatic nitrogens is 2. The Morgan fingerprint density at radius 2 is 2.25 bits per heavy atom. The molecule has 90 valence electrons. The molecule has 0 aliphatic heterocycles. The molecule has 0 aliphatic carbocycles. The van der Waals surface area contributed by atoms with Crippen molar-refractivity contribution in [3.63, 3.8) is 0 Å². The van der Waals surface area contributed by atoms with E-state index in [0.717, 1.165) is 12.8 Å². The van der Waals surface area contributed by atoms with Crippen LogP contribution in [0.4, 0.5) is 11.5 Å². The average Bonchev–Trinajstić information content (AvgIpc) is 2.41. The van der Waals surface area contributed by atoms with Crippen molar-refractivity contribution in [3.05, 3.63) is 15.8 Å². The van der Waals surface area contributed by atoms with Crippen molar-refractivity contribution in [2.75, 3.05) is 5.32 Å². The van der Waals surface area contributed by atoms with E-state index in [1.54, 1.807) is 14.0 Å². The van der Waals surface area contributed by atoms with Gasteiger partial charge in [-0.3, -0.25) is 10.1 Å². The summed E-state index contributed by atoms with van der Waals surface area (Å²) in [7, 11) is 1.71. The third-order valence-corrected chi connectivity index (χ3v) is 2.48. The highest BCUT2D eigenvalue weighted by atomic mass is 16.6. The zero-order chi connectivity index (χ0) is 12.3. The molecule has 1 aromatic heterocycles. The lowest BCUT2D eigenvalue weighted by molar-refractivity contribution is -0.384. The lowest BCUT2D eigenvalue weighted by atomic mass is 10.2. The summed E-state index contributed by atoms with van der Waals surface area (Å²) in [6.07, 6.45) is 2.01. The van der Waals surface area contributed by atoms with Crippen LogP contribution in [0, 0.1) is 17.0 Å². The lowest BCUT2D eigenvalue weighted by Crippen LogP contribution is -2.17. The molecule has 0 fully saturated rings. The fourth-order valence-electron chi connectivity index (χ4n) is 1.77. The van der Waals surface area contributed by atoms with Gasteiger partial charge < -0.3 is 5.32 Å². The van der Waals surface area contributed by atoms with Crippen molar-refractivity contribution in [1.29, 1.82) is 0 Å². The fourth-order valence-corrected chi connectivity index (χ4v) is 1.77. The predicted molar refractivity (Wildman–Crippen MR) is 62.6 cm³/mol. The molecule has 0 aliphatic rings. The van der Waals surface area contributed by atoms with Gasteiger partial charge in [-0.1, -0.05) is 13.3 Å². The van der Waals surface area contributed by atoms with Gasteiger partial charge in [-0.2, -0.15) is 5.10 Å². The van der Waals surface area contributed by atoms with Gasteiger partial charge in [0.2, 0.25) is 5.82 Å². The highest BCUT2D eigenvalue weighted by molar-refractivity contribution is 5.59. The minimum Gasteiger partial charge on any atom is -0.362 e. The molecule has 0 aromatic carbocycles. The Balaban J connectivity index is 2.98. The predicted octanol–water partition coefficient (Wildman–Crippen LogP) is 2.24. The highest BCUT2D eigenvalue weighted by Crippen LogP contribution is 2.28. The maximum absolute atomic E-state index is 10.9. The molecule has 1 heterocycles. The molecule has 0 saturated carbocycles. The van der Waals surface area contributed by atoms with Gasteiger partial charge in [0.25, 0.3) is 0 Å². The molecule has 1 unspecified atom stereocenters. The van der Waals surface area contributed by atoms with Crippen LogP contribution in [0.25, 0.3) is 0 Å². The standard InChI is InChI=1S/C10H18N4O2/c1-5-6-7(2)11-10-9(14(15)16)8(3)12-13(10)4/h7,11H,5-6H2,1-4H3. The highest BCUT2D eigenvalue weighted by Gasteiger charge is 2.24. The minimum absolute atomic E-state index is 0.0745. The third-order valence-electron chi connectivity index (χ3n) is 2.48. The maximum atomic E-state index is 10.9. The van der Waals surface area contributed by atoms with Crippen molar-refractivity contribution in [1.82, 2.24) is 9.78 Å². The van der Waals surface area contributed by atoms with Crippen LogP contribution in [0.15, 0.2) is 0 Å². The Labute approximate surface area is 94.8 Å². The number of nitrogens with zero attached hydrogens (tertiary/aromatic N) is 3. The summed E-state index contributed by atoms with van der Waals surface area (Å²) in [5.74, 6) is 0.489. The summed E-state index contributed by atoms with van der Waals surface area (Å²) < 4.78 is 1.53. The van der Waals surface area contributed by atoms with Gasteiger partial charge in [-0.25, -0.2) is 4.68 Å². The van der Waals surface area contributed by atoms with E-state index >= 15 is 0 Å². The first kappa shape index (κ1) is 12.5. The van der Waals surface area contributed by atoms with Crippen molar-refractivity contribution in [3.8, 4) is 0 Å². The average molecular weight is 226 g/mol. The fraction of sp³-hybridized carbons (Fsp3) is 0.700. The van der Waals surface area contributed by atoms with Crippen LogP contribution in [0.2, 0.25) is 0 Å². The Bertz CT molecular complexity index is 386. The van der Waals surface area contributed by atoms with E-state index in [0.29, 0.717) is 11.5 Å². The second kappa shape index (κ2) is 4.96. The number of hydrogen-bond donors (Lipinski definition) is 1. The van der Waals surface area contributed by atoms with Gasteiger partial charge in [0.05, 0.1) is 4.92 Å². The summed E-state index contributed by atoms with van der Waals surface area (Å²) in [6, 6.07) is 0.207. The van der Waals surface area contributed by atoms with Crippen molar-refractivity contribution >= 4 is 11.5 Å². The zero-order valence-electron chi connectivity index (χ0n) is 10.1. The van der Waals surface area contributed by atoms with Crippen LogP contribution in [-0.4, -0.2) is 20.7 Å². The first-order valence-corrected chi connectivity index (χ1v) is 5.41. The number of rotatable bonds is 5. The van der Waals surface area contributed by atoms with Gasteiger partial charge >= 0.3 is 5.69 Å². The van der Waals surface area contributed by atoms with Gasteiger partial charge in [0.1, 0.15) is 5.69 Å². The van der Waals surface area contributed by atoms with Crippen molar-refractivity contribution in [2.24, 2.45) is 7.05 Å². The molecule has 1 atom stereocenters. The second-order valence-electron chi connectivity index (χ2n) is 4.00. The Kier molecular flexibility index (Phi) is 3.87. The van der Waals surface area contributed by atoms with Crippen LogP contribution < -0.4 is 5.32 Å².